The lowest BCUT2D eigenvalue weighted by atomic mass is 10.5. The molecule has 92 valence electrons. The number of alkyl halides is 6. The lowest BCUT2D eigenvalue weighted by molar-refractivity contribution is -0.286. The maximum atomic E-state index is 12.9. The van der Waals surface area contributed by atoms with E-state index in [4.69, 9.17) is 11.6 Å². The van der Waals surface area contributed by atoms with E-state index >= 15 is 0 Å². The van der Waals surface area contributed by atoms with Gasteiger partial charge in [0, 0.05) is 0 Å². The lowest BCUT2D eigenvalue weighted by Crippen LogP contribution is -2.48. The molecule has 1 unspecified atom stereocenters. The summed E-state index contributed by atoms with van der Waals surface area (Å²) in [5.41, 5.74) is 0. The smallest absolute Gasteiger partial charge is 0.198 e. The second-order valence-corrected chi connectivity index (χ2v) is 2.67. The van der Waals surface area contributed by atoms with E-state index in [1.54, 1.807) is 0 Å². The fourth-order valence-electron chi connectivity index (χ4n) is 0.781. The van der Waals surface area contributed by atoms with E-state index < -0.39 is 35.4 Å². The van der Waals surface area contributed by atoms with Crippen LogP contribution in [0.1, 0.15) is 0 Å². The number of hydrogen-bond donors (Lipinski definition) is 0. The molecule has 0 aromatic heterocycles. The van der Waals surface area contributed by atoms with Crippen LogP contribution >= 0.6 is 11.6 Å². The summed E-state index contributed by atoms with van der Waals surface area (Å²) >= 11 is 4.97. The normalized spacial score (nSPS) is 22.2. The van der Waals surface area contributed by atoms with Crippen LogP contribution in [0.3, 0.4) is 0 Å². The first kappa shape index (κ1) is 13.0. The van der Waals surface area contributed by atoms with E-state index in [1.165, 1.54) is 0 Å². The molecule has 4 nitrogen and oxygen atoms in total. The van der Waals surface area contributed by atoms with Crippen LogP contribution in [0.4, 0.5) is 26.3 Å². The molecule has 0 amide bonds. The number of nitrogens with zero attached hydrogens (tertiary/aromatic N) is 3. The van der Waals surface area contributed by atoms with Crippen molar-refractivity contribution >= 4 is 22.7 Å². The van der Waals surface area contributed by atoms with E-state index in [9.17, 15) is 26.3 Å². The molecular weight excluding hydrogens is 268 g/mol. The number of hydrogen-bond acceptors (Lipinski definition) is 4. The summed E-state index contributed by atoms with van der Waals surface area (Å²) < 4.78 is 72.9. The van der Waals surface area contributed by atoms with E-state index in [-0.39, 0.29) is 0 Å². The van der Waals surface area contributed by atoms with Gasteiger partial charge >= 0.3 is 12.8 Å². The summed E-state index contributed by atoms with van der Waals surface area (Å²) in [5.74, 6) is -2.04. The molecule has 11 heteroatoms. The molecule has 16 heavy (non-hydrogen) atoms. The first-order valence-corrected chi connectivity index (χ1v) is 3.87. The average molecular weight is 270 g/mol. The summed E-state index contributed by atoms with van der Waals surface area (Å²) in [7, 11) is 0. The van der Waals surface area contributed by atoms with Gasteiger partial charge in [-0.2, -0.15) is 46.2 Å². The molecule has 0 fully saturated rings. The highest BCUT2D eigenvalue weighted by Crippen LogP contribution is 2.26. The molecule has 0 spiro atoms. The van der Waals surface area contributed by atoms with Crippen molar-refractivity contribution in [2.45, 2.75) is 19.2 Å². The Hall–Kier alpha value is -1.03. The zero-order valence-electron chi connectivity index (χ0n) is 7.05. The molecule has 1 heterocycles. The first-order chi connectivity index (χ1) is 7.21. The zero-order valence-corrected chi connectivity index (χ0v) is 7.81. The van der Waals surface area contributed by atoms with Crippen molar-refractivity contribution in [1.29, 1.82) is 0 Å². The van der Waals surface area contributed by atoms with Crippen molar-refractivity contribution in [2.75, 3.05) is 0 Å². The summed E-state index contributed by atoms with van der Waals surface area (Å²) in [6.07, 6.45) is -8.04. The summed E-state index contributed by atoms with van der Waals surface area (Å²) in [6.45, 7) is -3.65. The van der Waals surface area contributed by atoms with Gasteiger partial charge in [0.2, 0.25) is 11.1 Å². The van der Waals surface area contributed by atoms with Gasteiger partial charge < -0.3 is 0 Å². The van der Waals surface area contributed by atoms with Gasteiger partial charge in [0.05, 0.1) is 0 Å². The van der Waals surface area contributed by atoms with Gasteiger partial charge in [0.25, 0.3) is 6.42 Å². The van der Waals surface area contributed by atoms with Crippen molar-refractivity contribution in [3.8, 4) is 0 Å². The van der Waals surface area contributed by atoms with Crippen molar-refractivity contribution < 1.29 is 31.2 Å². The quantitative estimate of drug-likeness (QED) is 0.570. The van der Waals surface area contributed by atoms with Crippen LogP contribution in [0.15, 0.2) is 9.98 Å². The van der Waals surface area contributed by atoms with Gasteiger partial charge in [-0.1, -0.05) is 0 Å². The Morgan fingerprint density at radius 1 is 1.38 bits per heavy atom. The third-order valence-corrected chi connectivity index (χ3v) is 1.44. The average Bonchev–Trinajstić information content (AvgIpc) is 2.06. The monoisotopic (exact) mass is 269 g/mol. The molecule has 0 radical (unpaired) electrons. The highest BCUT2D eigenvalue weighted by atomic mass is 35.5. The van der Waals surface area contributed by atoms with Gasteiger partial charge in [-0.15, -0.1) is 0 Å². The van der Waals surface area contributed by atoms with Crippen LogP contribution in [0.5, 0.6) is 0 Å². The number of aliphatic imine (C=N–C) groups is 2. The lowest BCUT2D eigenvalue weighted by Gasteiger charge is -2.28. The van der Waals surface area contributed by atoms with E-state index in [2.05, 4.69) is 14.8 Å². The minimum Gasteiger partial charge on any atom is -0.198 e. The Morgan fingerprint density at radius 3 is 2.38 bits per heavy atom. The fraction of sp³-hybridized carbons (Fsp3) is 0.600. The molecule has 0 N–H and O–H groups in total. The Kier molecular flexibility index (Phi) is 3.63. The predicted octanol–water partition coefficient (Wildman–Crippen LogP) is 2.26. The SMILES string of the molecule is FC(F)ON1C(C(F)(F)F)=NC(Cl)=NC1F. The molecule has 0 aromatic carbocycles. The van der Waals surface area contributed by atoms with Gasteiger partial charge in [-0.25, -0.2) is 0 Å². The molecule has 1 atom stereocenters. The summed E-state index contributed by atoms with van der Waals surface area (Å²) in [5, 5.41) is -1.84. The molecule has 0 aliphatic carbocycles. The Balaban J connectivity index is 3.01. The predicted molar refractivity (Wildman–Crippen MR) is 40.6 cm³/mol. The maximum absolute atomic E-state index is 12.9. The number of amidine groups is 2. The molecule has 1 aliphatic heterocycles. The second-order valence-electron chi connectivity index (χ2n) is 2.33. The minimum atomic E-state index is -5.20. The topological polar surface area (TPSA) is 37.2 Å². The molecule has 0 saturated carbocycles. The van der Waals surface area contributed by atoms with Crippen LogP contribution in [-0.4, -0.2) is 35.4 Å². The van der Waals surface area contributed by atoms with Crippen LogP contribution < -0.4 is 0 Å². The van der Waals surface area contributed by atoms with E-state index in [0.717, 1.165) is 0 Å². The van der Waals surface area contributed by atoms with Crippen molar-refractivity contribution in [1.82, 2.24) is 5.06 Å². The fourth-order valence-corrected chi connectivity index (χ4v) is 0.942. The molecule has 0 aromatic rings. The van der Waals surface area contributed by atoms with Crippen LogP contribution in [0.2, 0.25) is 0 Å². The van der Waals surface area contributed by atoms with Gasteiger partial charge in [0.15, 0.2) is 0 Å². The zero-order chi connectivity index (χ0) is 12.5. The summed E-state index contributed by atoms with van der Waals surface area (Å²) in [6, 6.07) is 0. The highest BCUT2D eigenvalue weighted by molar-refractivity contribution is 6.65. The Labute approximate surface area is 89.1 Å². The number of halogens is 7. The molecule has 1 aliphatic rings. The van der Waals surface area contributed by atoms with Crippen molar-refractivity contribution in [2.24, 2.45) is 9.98 Å². The Bertz CT molecular complexity index is 329. The van der Waals surface area contributed by atoms with E-state index in [1.807, 2.05) is 0 Å². The van der Waals surface area contributed by atoms with Gasteiger partial charge in [-0.05, 0) is 11.6 Å². The first-order valence-electron chi connectivity index (χ1n) is 3.49. The highest BCUT2D eigenvalue weighted by Gasteiger charge is 2.46. The van der Waals surface area contributed by atoms with Crippen LogP contribution in [-0.2, 0) is 4.84 Å². The third kappa shape index (κ3) is 2.98. The maximum Gasteiger partial charge on any atom is 0.451 e. The molecule has 0 saturated heterocycles. The van der Waals surface area contributed by atoms with Crippen LogP contribution in [0, 0.1) is 0 Å². The van der Waals surface area contributed by atoms with Gasteiger partial charge in [-0.3, -0.25) is 0 Å². The third-order valence-electron chi connectivity index (χ3n) is 1.26. The van der Waals surface area contributed by atoms with Gasteiger partial charge in [0.1, 0.15) is 0 Å². The van der Waals surface area contributed by atoms with E-state index in [0.29, 0.717) is 0 Å². The summed E-state index contributed by atoms with van der Waals surface area (Å²) in [4.78, 5) is 8.55. The second kappa shape index (κ2) is 4.45. The van der Waals surface area contributed by atoms with Crippen LogP contribution in [0.25, 0.3) is 0 Å². The molecule has 1 rings (SSSR count). The number of rotatable bonds is 2. The number of hydroxylamine groups is 2. The molecule has 0 bridgehead atoms. The largest absolute Gasteiger partial charge is 0.451 e. The Morgan fingerprint density at radius 2 is 1.94 bits per heavy atom. The standard InChI is InChI=1S/C5H2ClF6N3O/c6-2-13-1(5(10,11)12)15(4(9)14-2)16-3(7)8/h3-4H. The minimum absolute atomic E-state index is 0.795. The van der Waals surface area contributed by atoms with Crippen molar-refractivity contribution in [3.05, 3.63) is 0 Å². The van der Waals surface area contributed by atoms with Crippen molar-refractivity contribution in [3.63, 3.8) is 0 Å². The molecular formula is C5H2ClF6N3O.